The highest BCUT2D eigenvalue weighted by molar-refractivity contribution is 6.30. The number of aromatic nitrogens is 1. The van der Waals surface area contributed by atoms with Gasteiger partial charge in [0.2, 0.25) is 18.3 Å². The number of fused-ring (bicyclic) bond motifs is 1. The van der Waals surface area contributed by atoms with Gasteiger partial charge in [-0.2, -0.15) is 0 Å². The molecule has 2 heterocycles. The third-order valence-electron chi connectivity index (χ3n) is 4.81. The zero-order valence-electron chi connectivity index (χ0n) is 16.3. The van der Waals surface area contributed by atoms with Gasteiger partial charge in [0.05, 0.1) is 11.5 Å². The van der Waals surface area contributed by atoms with Crippen LogP contribution < -0.4 is 20.0 Å². The molecule has 7 nitrogen and oxygen atoms in total. The van der Waals surface area contributed by atoms with E-state index in [1.807, 2.05) is 38.1 Å². The largest absolute Gasteiger partial charge is 0.488 e. The second kappa shape index (κ2) is 7.31. The first-order chi connectivity index (χ1) is 13.1. The number of ether oxygens (including phenoxy) is 1. The maximum atomic E-state index is 13.0. The van der Waals surface area contributed by atoms with E-state index in [9.17, 15) is 4.79 Å². The number of pyridine rings is 1. The highest BCUT2D eigenvalue weighted by Crippen LogP contribution is 2.43. The number of amides is 1. The summed E-state index contributed by atoms with van der Waals surface area (Å²) in [5, 5.41) is 8.12. The zero-order chi connectivity index (χ0) is 20.6. The Labute approximate surface area is 169 Å². The van der Waals surface area contributed by atoms with E-state index in [2.05, 4.69) is 0 Å². The van der Waals surface area contributed by atoms with Crippen LogP contribution in [-0.2, 0) is 4.79 Å². The normalized spacial score (nSPS) is 17.2. The van der Waals surface area contributed by atoms with Gasteiger partial charge in [0.25, 0.3) is 0 Å². The summed E-state index contributed by atoms with van der Waals surface area (Å²) >= 11 is 6.19. The van der Waals surface area contributed by atoms with E-state index in [-0.39, 0.29) is 11.9 Å². The fourth-order valence-corrected chi connectivity index (χ4v) is 3.60. The van der Waals surface area contributed by atoms with Crippen LogP contribution in [0.3, 0.4) is 0 Å². The van der Waals surface area contributed by atoms with Crippen molar-refractivity contribution < 1.29 is 19.1 Å². The van der Waals surface area contributed by atoms with Crippen molar-refractivity contribution in [1.82, 2.24) is 4.90 Å². The van der Waals surface area contributed by atoms with E-state index in [0.29, 0.717) is 17.2 Å². The molecule has 1 aromatic heterocycles. The number of carbonyl (C=O) groups excluding carboxylic acids is 1. The first-order valence-corrected chi connectivity index (χ1v) is 9.20. The number of nitrogens with zero attached hydrogens (tertiary/aromatic N) is 2. The maximum Gasteiger partial charge on any atom is 0.241 e. The van der Waals surface area contributed by atoms with Crippen LogP contribution in [0.2, 0.25) is 5.02 Å². The number of likely N-dealkylation sites (N-methyl/N-ethyl adjacent to an activating group) is 1. The molecule has 0 fully saturated rings. The Hall–Kier alpha value is -2.80. The Kier molecular flexibility index (Phi) is 5.21. The molecule has 3 N–H and O–H groups in total. The number of benzene rings is 1. The molecule has 28 heavy (non-hydrogen) atoms. The molecule has 0 saturated heterocycles. The fraction of sp³-hybridized carbons (Fsp3) is 0.350. The molecule has 0 spiro atoms. The quantitative estimate of drug-likeness (QED) is 0.467. The summed E-state index contributed by atoms with van der Waals surface area (Å²) in [5.41, 5.74) is 7.49. The van der Waals surface area contributed by atoms with Crippen molar-refractivity contribution >= 4 is 23.5 Å². The van der Waals surface area contributed by atoms with Gasteiger partial charge in [-0.3, -0.25) is 19.9 Å². The molecule has 0 aliphatic carbocycles. The average Bonchev–Trinajstić information content (AvgIpc) is 2.64. The lowest BCUT2D eigenvalue weighted by Crippen LogP contribution is -2.45. The first-order valence-electron chi connectivity index (χ1n) is 8.82. The first kappa shape index (κ1) is 19.9. The Morgan fingerprint density at radius 3 is 2.71 bits per heavy atom. The van der Waals surface area contributed by atoms with Crippen LogP contribution in [0.1, 0.15) is 31.7 Å². The molecule has 1 unspecified atom stereocenters. The molecule has 0 bridgehead atoms. The Morgan fingerprint density at radius 1 is 1.36 bits per heavy atom. The van der Waals surface area contributed by atoms with Gasteiger partial charge < -0.3 is 10.5 Å². The van der Waals surface area contributed by atoms with E-state index in [1.165, 1.54) is 16.7 Å². The van der Waals surface area contributed by atoms with Crippen molar-refractivity contribution in [2.75, 3.05) is 14.2 Å². The van der Waals surface area contributed by atoms with Gasteiger partial charge in [0, 0.05) is 23.8 Å². The van der Waals surface area contributed by atoms with Crippen molar-refractivity contribution in [3.8, 4) is 16.9 Å². The van der Waals surface area contributed by atoms with Gasteiger partial charge in [-0.15, -0.1) is 0 Å². The minimum Gasteiger partial charge on any atom is -0.488 e. The Bertz CT molecular complexity index is 945. The predicted octanol–water partition coefficient (Wildman–Crippen LogP) is 2.35. The van der Waals surface area contributed by atoms with E-state index in [1.54, 1.807) is 19.5 Å². The number of hydrogen-bond acceptors (Lipinski definition) is 4. The lowest BCUT2D eigenvalue weighted by atomic mass is 9.82. The molecule has 8 heteroatoms. The molecule has 0 radical (unpaired) electrons. The minimum atomic E-state index is -0.512. The molecule has 1 aromatic carbocycles. The summed E-state index contributed by atoms with van der Waals surface area (Å²) in [5.74, 6) is -0.346. The molecule has 3 rings (SSSR count). The number of guanidine groups is 1. The number of hydrogen-bond donors (Lipinski definition) is 2. The summed E-state index contributed by atoms with van der Waals surface area (Å²) in [6, 6.07) is 7.53. The highest BCUT2D eigenvalue weighted by Gasteiger charge is 2.39. The lowest BCUT2D eigenvalue weighted by molar-refractivity contribution is -0.885. The number of nitrogens with one attached hydrogen (secondary N) is 1. The SMILES string of the molecule is CO[n+]1cc(Cl)cc(-c2ccc3c(c2)C(C(=O)N(C)C(=N)N)CC(C)(C)O3)c1. The molecule has 1 aliphatic rings. The molecule has 1 aliphatic heterocycles. The maximum absolute atomic E-state index is 13.0. The third kappa shape index (κ3) is 3.89. The van der Waals surface area contributed by atoms with Gasteiger partial charge >= 0.3 is 0 Å². The molecular weight excluding hydrogens is 380 g/mol. The van der Waals surface area contributed by atoms with E-state index < -0.39 is 11.5 Å². The predicted molar refractivity (Wildman–Crippen MR) is 106 cm³/mol. The van der Waals surface area contributed by atoms with Crippen molar-refractivity contribution in [3.05, 3.63) is 47.2 Å². The van der Waals surface area contributed by atoms with Gasteiger partial charge in [-0.25, -0.2) is 0 Å². The van der Waals surface area contributed by atoms with Crippen LogP contribution in [-0.4, -0.2) is 36.5 Å². The highest BCUT2D eigenvalue weighted by atomic mass is 35.5. The summed E-state index contributed by atoms with van der Waals surface area (Å²) in [6.07, 6.45) is 3.94. The van der Waals surface area contributed by atoms with E-state index in [0.717, 1.165) is 16.7 Å². The van der Waals surface area contributed by atoms with E-state index >= 15 is 0 Å². The summed E-state index contributed by atoms with van der Waals surface area (Å²) < 4.78 is 7.60. The number of nitrogens with two attached hydrogens (primary N) is 1. The van der Waals surface area contributed by atoms with Crippen LogP contribution in [0.15, 0.2) is 36.7 Å². The van der Waals surface area contributed by atoms with Gasteiger partial charge in [0.15, 0.2) is 5.96 Å². The number of halogens is 1. The summed E-state index contributed by atoms with van der Waals surface area (Å²) in [7, 11) is 3.06. The van der Waals surface area contributed by atoms with Crippen LogP contribution in [0, 0.1) is 5.41 Å². The van der Waals surface area contributed by atoms with Crippen molar-refractivity contribution in [1.29, 1.82) is 5.41 Å². The van der Waals surface area contributed by atoms with Crippen molar-refractivity contribution in [2.45, 2.75) is 31.8 Å². The number of rotatable bonds is 3. The van der Waals surface area contributed by atoms with Gasteiger partial charge in [0.1, 0.15) is 23.5 Å². The topological polar surface area (TPSA) is 92.5 Å². The standard InChI is InChI=1S/C20H24ClN4O3/c1-20(2)9-16(18(26)24(3)19(22)23)15-8-12(5-6-17(15)28-20)13-7-14(21)11-25(10-13)27-4/h5-8,10-11,16H,9H2,1-4H3,(H3,22,23)/q+1. The molecule has 148 valence electrons. The van der Waals surface area contributed by atoms with Crippen LogP contribution in [0.5, 0.6) is 5.75 Å². The molecular formula is C20H24ClN4O3+. The average molecular weight is 404 g/mol. The molecule has 1 amide bonds. The third-order valence-corrected chi connectivity index (χ3v) is 5.02. The summed E-state index contributed by atoms with van der Waals surface area (Å²) in [6.45, 7) is 3.88. The molecule has 2 aromatic rings. The van der Waals surface area contributed by atoms with Gasteiger partial charge in [-0.05, 0) is 37.6 Å². The Balaban J connectivity index is 2.09. The fourth-order valence-electron chi connectivity index (χ4n) is 3.39. The summed E-state index contributed by atoms with van der Waals surface area (Å²) in [4.78, 5) is 19.4. The van der Waals surface area contributed by atoms with Crippen LogP contribution in [0.25, 0.3) is 11.1 Å². The minimum absolute atomic E-state index is 0.236. The van der Waals surface area contributed by atoms with Crippen LogP contribution in [0.4, 0.5) is 0 Å². The monoisotopic (exact) mass is 403 g/mol. The zero-order valence-corrected chi connectivity index (χ0v) is 17.1. The smallest absolute Gasteiger partial charge is 0.241 e. The van der Waals surface area contributed by atoms with E-state index in [4.69, 9.17) is 32.3 Å². The lowest BCUT2D eigenvalue weighted by Gasteiger charge is -2.38. The van der Waals surface area contributed by atoms with Gasteiger partial charge in [-0.1, -0.05) is 17.7 Å². The second-order valence-electron chi connectivity index (χ2n) is 7.44. The van der Waals surface area contributed by atoms with Crippen molar-refractivity contribution in [2.24, 2.45) is 5.73 Å². The number of carbonyl (C=O) groups is 1. The molecule has 1 atom stereocenters. The molecule has 0 saturated carbocycles. The second-order valence-corrected chi connectivity index (χ2v) is 7.88. The Morgan fingerprint density at radius 2 is 2.07 bits per heavy atom. The van der Waals surface area contributed by atoms with Crippen LogP contribution >= 0.6 is 11.6 Å². The van der Waals surface area contributed by atoms with Crippen molar-refractivity contribution in [3.63, 3.8) is 0 Å².